The zero-order valence-corrected chi connectivity index (χ0v) is 19.0. The molecule has 0 unspecified atom stereocenters. The lowest BCUT2D eigenvalue weighted by atomic mass is 10.1. The van der Waals surface area contributed by atoms with Gasteiger partial charge in [-0.05, 0) is 32.4 Å². The number of benzene rings is 2. The van der Waals surface area contributed by atoms with Crippen molar-refractivity contribution >= 4 is 28.3 Å². The first kappa shape index (κ1) is 22.6. The van der Waals surface area contributed by atoms with Crippen LogP contribution < -0.4 is 5.32 Å². The number of carbonyl (C=O) groups is 2. The lowest BCUT2D eigenvalue weighted by Gasteiger charge is -2.22. The van der Waals surface area contributed by atoms with E-state index in [0.717, 1.165) is 29.0 Å². The quantitative estimate of drug-likeness (QED) is 0.507. The maximum absolute atomic E-state index is 12.9. The lowest BCUT2D eigenvalue weighted by Crippen LogP contribution is -2.34. The van der Waals surface area contributed by atoms with Gasteiger partial charge in [0.15, 0.2) is 0 Å². The minimum Gasteiger partial charge on any atom is -0.338 e. The molecule has 31 heavy (non-hydrogen) atoms. The van der Waals surface area contributed by atoms with Gasteiger partial charge in [-0.15, -0.1) is 10.2 Å². The number of aryl methyl sites for hydroxylation is 2. The molecule has 2 amide bonds. The molecule has 0 aliphatic carbocycles. The minimum absolute atomic E-state index is 0.0428. The SMILES string of the molecule is CCCCN(CCC(=O)Nc1nnc(-c2ccc(C)cc2)s1)C(=O)c1ccc(C)cc1. The molecule has 0 aliphatic heterocycles. The van der Waals surface area contributed by atoms with Crippen molar-refractivity contribution < 1.29 is 9.59 Å². The lowest BCUT2D eigenvalue weighted by molar-refractivity contribution is -0.116. The molecule has 0 aliphatic rings. The Labute approximate surface area is 187 Å². The summed E-state index contributed by atoms with van der Waals surface area (Å²) in [6, 6.07) is 15.6. The molecule has 2 aromatic carbocycles. The standard InChI is InChI=1S/C24H28N4O2S/c1-4-5-15-28(23(30)20-12-8-18(3)9-13-20)16-14-21(29)25-24-27-26-22(31-24)19-10-6-17(2)7-11-19/h6-13H,4-5,14-16H2,1-3H3,(H,25,27,29). The van der Waals surface area contributed by atoms with Crippen molar-refractivity contribution in [2.24, 2.45) is 0 Å². The van der Waals surface area contributed by atoms with Crippen LogP contribution in [0.1, 0.15) is 47.7 Å². The Morgan fingerprint density at radius 3 is 2.23 bits per heavy atom. The van der Waals surface area contributed by atoms with E-state index in [1.54, 1.807) is 4.90 Å². The molecule has 3 aromatic rings. The van der Waals surface area contributed by atoms with E-state index in [9.17, 15) is 9.59 Å². The van der Waals surface area contributed by atoms with E-state index in [1.807, 2.05) is 62.4 Å². The molecule has 0 atom stereocenters. The first-order valence-electron chi connectivity index (χ1n) is 10.5. The second kappa shape index (κ2) is 10.8. The number of carbonyl (C=O) groups excluding carboxylic acids is 2. The largest absolute Gasteiger partial charge is 0.338 e. The summed E-state index contributed by atoms with van der Waals surface area (Å²) in [4.78, 5) is 27.1. The molecule has 0 bridgehead atoms. The normalized spacial score (nSPS) is 10.7. The van der Waals surface area contributed by atoms with Crippen LogP contribution in [0.5, 0.6) is 0 Å². The Morgan fingerprint density at radius 1 is 0.935 bits per heavy atom. The second-order valence-electron chi connectivity index (χ2n) is 7.59. The topological polar surface area (TPSA) is 75.2 Å². The average molecular weight is 437 g/mol. The number of rotatable bonds is 9. The fraction of sp³-hybridized carbons (Fsp3) is 0.333. The maximum Gasteiger partial charge on any atom is 0.253 e. The van der Waals surface area contributed by atoms with Crippen LogP contribution in [0, 0.1) is 13.8 Å². The number of nitrogens with one attached hydrogen (secondary N) is 1. The monoisotopic (exact) mass is 436 g/mol. The van der Waals surface area contributed by atoms with Crippen LogP contribution in [0.15, 0.2) is 48.5 Å². The van der Waals surface area contributed by atoms with Crippen molar-refractivity contribution in [3.05, 3.63) is 65.2 Å². The van der Waals surface area contributed by atoms with Crippen molar-refractivity contribution in [3.63, 3.8) is 0 Å². The first-order chi connectivity index (χ1) is 15.0. The molecule has 1 heterocycles. The highest BCUT2D eigenvalue weighted by atomic mass is 32.1. The van der Waals surface area contributed by atoms with Gasteiger partial charge < -0.3 is 10.2 Å². The fourth-order valence-electron chi connectivity index (χ4n) is 3.05. The zero-order chi connectivity index (χ0) is 22.2. The molecule has 3 rings (SSSR count). The molecule has 6 nitrogen and oxygen atoms in total. The van der Waals surface area contributed by atoms with Gasteiger partial charge in [-0.3, -0.25) is 9.59 Å². The third-order valence-electron chi connectivity index (χ3n) is 4.95. The molecule has 0 radical (unpaired) electrons. The van der Waals surface area contributed by atoms with Crippen molar-refractivity contribution in [1.82, 2.24) is 15.1 Å². The van der Waals surface area contributed by atoms with Gasteiger partial charge in [0.25, 0.3) is 5.91 Å². The number of hydrogen-bond acceptors (Lipinski definition) is 5. The molecule has 1 N–H and O–H groups in total. The molecule has 0 fully saturated rings. The first-order valence-corrected chi connectivity index (χ1v) is 11.3. The number of anilines is 1. The Kier molecular flexibility index (Phi) is 7.89. The highest BCUT2D eigenvalue weighted by Gasteiger charge is 2.17. The maximum atomic E-state index is 12.9. The van der Waals surface area contributed by atoms with Gasteiger partial charge in [0.2, 0.25) is 11.0 Å². The van der Waals surface area contributed by atoms with Crippen LogP contribution in [-0.2, 0) is 4.79 Å². The van der Waals surface area contributed by atoms with Crippen LogP contribution in [0.4, 0.5) is 5.13 Å². The summed E-state index contributed by atoms with van der Waals surface area (Å²) in [7, 11) is 0. The summed E-state index contributed by atoms with van der Waals surface area (Å²) in [5, 5.41) is 12.3. The van der Waals surface area contributed by atoms with E-state index in [2.05, 4.69) is 22.4 Å². The van der Waals surface area contributed by atoms with Crippen LogP contribution in [0.25, 0.3) is 10.6 Å². The Morgan fingerprint density at radius 2 is 1.58 bits per heavy atom. The van der Waals surface area contributed by atoms with Crippen molar-refractivity contribution in [1.29, 1.82) is 0 Å². The van der Waals surface area contributed by atoms with Crippen LogP contribution in [0.2, 0.25) is 0 Å². The highest BCUT2D eigenvalue weighted by Crippen LogP contribution is 2.26. The molecule has 0 saturated heterocycles. The van der Waals surface area contributed by atoms with E-state index < -0.39 is 0 Å². The van der Waals surface area contributed by atoms with Gasteiger partial charge in [-0.2, -0.15) is 0 Å². The number of unbranched alkanes of at least 4 members (excludes halogenated alkanes) is 1. The molecule has 1 aromatic heterocycles. The van der Waals surface area contributed by atoms with E-state index in [4.69, 9.17) is 0 Å². The molecule has 0 saturated carbocycles. The van der Waals surface area contributed by atoms with E-state index in [0.29, 0.717) is 23.8 Å². The predicted octanol–water partition coefficient (Wildman–Crippen LogP) is 5.09. The highest BCUT2D eigenvalue weighted by molar-refractivity contribution is 7.18. The second-order valence-corrected chi connectivity index (χ2v) is 8.57. The summed E-state index contributed by atoms with van der Waals surface area (Å²) < 4.78 is 0. The van der Waals surface area contributed by atoms with Crippen molar-refractivity contribution in [2.75, 3.05) is 18.4 Å². The Hall–Kier alpha value is -3.06. The summed E-state index contributed by atoms with van der Waals surface area (Å²) >= 11 is 1.34. The molecular weight excluding hydrogens is 408 g/mol. The third kappa shape index (κ3) is 6.46. The molecule has 0 spiro atoms. The van der Waals surface area contributed by atoms with Crippen LogP contribution >= 0.6 is 11.3 Å². The predicted molar refractivity (Wildman–Crippen MR) is 125 cm³/mol. The van der Waals surface area contributed by atoms with Gasteiger partial charge in [-0.25, -0.2) is 0 Å². The fourth-order valence-corrected chi connectivity index (χ4v) is 3.81. The smallest absolute Gasteiger partial charge is 0.253 e. The van der Waals surface area contributed by atoms with Gasteiger partial charge in [-0.1, -0.05) is 72.2 Å². The van der Waals surface area contributed by atoms with Crippen molar-refractivity contribution in [3.8, 4) is 10.6 Å². The molecule has 7 heteroatoms. The summed E-state index contributed by atoms with van der Waals surface area (Å²) in [6.45, 7) is 7.10. The minimum atomic E-state index is -0.176. The van der Waals surface area contributed by atoms with Crippen LogP contribution in [0.3, 0.4) is 0 Å². The zero-order valence-electron chi connectivity index (χ0n) is 18.2. The van der Waals surface area contributed by atoms with Gasteiger partial charge in [0, 0.05) is 30.6 Å². The summed E-state index contributed by atoms with van der Waals surface area (Å²) in [6.07, 6.45) is 2.09. The van der Waals surface area contributed by atoms with Gasteiger partial charge >= 0.3 is 0 Å². The van der Waals surface area contributed by atoms with E-state index >= 15 is 0 Å². The van der Waals surface area contributed by atoms with E-state index in [1.165, 1.54) is 16.9 Å². The van der Waals surface area contributed by atoms with Gasteiger partial charge in [0.05, 0.1) is 0 Å². The summed E-state index contributed by atoms with van der Waals surface area (Å²) in [5.41, 5.74) is 3.90. The van der Waals surface area contributed by atoms with Gasteiger partial charge in [0.1, 0.15) is 5.01 Å². The number of amides is 2. The Bertz CT molecular complexity index is 1010. The number of nitrogens with zero attached hydrogens (tertiary/aromatic N) is 3. The summed E-state index contributed by atoms with van der Waals surface area (Å²) in [5.74, 6) is -0.219. The van der Waals surface area contributed by atoms with Crippen molar-refractivity contribution in [2.45, 2.75) is 40.0 Å². The Balaban J connectivity index is 1.58. The van der Waals surface area contributed by atoms with E-state index in [-0.39, 0.29) is 18.2 Å². The van der Waals surface area contributed by atoms with Crippen LogP contribution in [-0.4, -0.2) is 40.0 Å². The number of aromatic nitrogens is 2. The average Bonchev–Trinajstić information content (AvgIpc) is 3.22. The molecular formula is C24H28N4O2S. The molecule has 162 valence electrons. The third-order valence-corrected chi connectivity index (χ3v) is 5.83. The number of hydrogen-bond donors (Lipinski definition) is 1.